The first-order valence-electron chi connectivity index (χ1n) is 10.2. The van der Waals surface area contributed by atoms with Crippen molar-refractivity contribution in [2.24, 2.45) is 5.41 Å². The lowest BCUT2D eigenvalue weighted by molar-refractivity contribution is 0.359. The quantitative estimate of drug-likeness (QED) is 0.354. The summed E-state index contributed by atoms with van der Waals surface area (Å²) in [6, 6.07) is 11.5. The molecule has 4 aromatic rings. The zero-order valence-corrected chi connectivity index (χ0v) is 19.1. The molecule has 0 unspecified atom stereocenters. The van der Waals surface area contributed by atoms with Crippen LogP contribution in [0.15, 0.2) is 57.6 Å². The number of thiazole rings is 1. The zero-order chi connectivity index (χ0) is 22.9. The van der Waals surface area contributed by atoms with Crippen molar-refractivity contribution in [3.8, 4) is 11.3 Å². The Balaban J connectivity index is 1.49. The second-order valence-corrected chi connectivity index (χ2v) is 9.42. The van der Waals surface area contributed by atoms with Gasteiger partial charge in [-0.25, -0.2) is 9.97 Å². The Morgan fingerprint density at radius 1 is 0.938 bits per heavy atom. The van der Waals surface area contributed by atoms with E-state index in [1.807, 2.05) is 42.6 Å². The van der Waals surface area contributed by atoms with Gasteiger partial charge in [-0.3, -0.25) is 14.9 Å². The van der Waals surface area contributed by atoms with Gasteiger partial charge in [0.05, 0.1) is 5.69 Å². The fraction of sp³-hybridized carbons (Fsp3) is 0.261. The Kier molecular flexibility index (Phi) is 5.75. The molecular formula is C23H24N6O2S. The maximum Gasteiger partial charge on any atom is 0.253 e. The van der Waals surface area contributed by atoms with Crippen molar-refractivity contribution < 1.29 is 0 Å². The van der Waals surface area contributed by atoms with Crippen molar-refractivity contribution >= 4 is 39.6 Å². The topological polar surface area (TPSA) is 109 Å². The molecule has 32 heavy (non-hydrogen) atoms. The summed E-state index contributed by atoms with van der Waals surface area (Å²) in [4.78, 5) is 37.4. The van der Waals surface area contributed by atoms with Crippen molar-refractivity contribution in [2.75, 3.05) is 16.0 Å². The first kappa shape index (κ1) is 21.6. The Bertz CT molecular complexity index is 1300. The summed E-state index contributed by atoms with van der Waals surface area (Å²) in [5, 5.41) is 11.8. The molecule has 0 saturated heterocycles. The van der Waals surface area contributed by atoms with E-state index in [0.29, 0.717) is 16.9 Å². The maximum absolute atomic E-state index is 12.1. The highest BCUT2D eigenvalue weighted by molar-refractivity contribution is 7.14. The number of nitrogens with one attached hydrogen (secondary N) is 3. The fourth-order valence-electron chi connectivity index (χ4n) is 2.87. The smallest absolute Gasteiger partial charge is 0.253 e. The van der Waals surface area contributed by atoms with Crippen LogP contribution in [0.25, 0.3) is 11.3 Å². The minimum atomic E-state index is -0.561. The first-order valence-corrected chi connectivity index (χ1v) is 11.1. The van der Waals surface area contributed by atoms with Gasteiger partial charge in [-0.05, 0) is 18.4 Å². The Labute approximate surface area is 189 Å². The van der Waals surface area contributed by atoms with Crippen molar-refractivity contribution in [3.63, 3.8) is 0 Å². The number of hydrogen-bond acceptors (Lipinski definition) is 9. The molecule has 0 aliphatic rings. The van der Waals surface area contributed by atoms with E-state index in [0.717, 1.165) is 11.3 Å². The number of nitrogens with zero attached hydrogens (tertiary/aromatic N) is 3. The number of anilines is 5. The van der Waals surface area contributed by atoms with Gasteiger partial charge in [0.15, 0.2) is 5.13 Å². The highest BCUT2D eigenvalue weighted by Crippen LogP contribution is 2.28. The third-order valence-corrected chi connectivity index (χ3v) is 6.03. The van der Waals surface area contributed by atoms with Crippen LogP contribution in [-0.4, -0.2) is 21.0 Å². The van der Waals surface area contributed by atoms with Crippen LogP contribution in [0.1, 0.15) is 27.7 Å². The van der Waals surface area contributed by atoms with E-state index >= 15 is 0 Å². The average molecular weight is 449 g/mol. The van der Waals surface area contributed by atoms with E-state index in [2.05, 4.69) is 51.7 Å². The number of hydrogen-bond donors (Lipinski definition) is 3. The molecule has 2 aromatic carbocycles. The lowest BCUT2D eigenvalue weighted by Crippen LogP contribution is -2.41. The van der Waals surface area contributed by atoms with Gasteiger partial charge >= 0.3 is 0 Å². The molecule has 0 radical (unpaired) electrons. The van der Waals surface area contributed by atoms with Crippen LogP contribution in [-0.2, 0) is 0 Å². The van der Waals surface area contributed by atoms with Crippen molar-refractivity contribution in [1.82, 2.24) is 15.0 Å². The monoisotopic (exact) mass is 448 g/mol. The molecule has 0 spiro atoms. The molecule has 0 aliphatic carbocycles. The van der Waals surface area contributed by atoms with Gasteiger partial charge in [-0.15, -0.1) is 11.3 Å². The van der Waals surface area contributed by atoms with Crippen LogP contribution in [0.5, 0.6) is 0 Å². The molecule has 4 rings (SSSR count). The first-order chi connectivity index (χ1) is 15.2. The summed E-state index contributed by atoms with van der Waals surface area (Å²) >= 11 is 1.44. The molecule has 1 atom stereocenters. The lowest BCUT2D eigenvalue weighted by atomic mass is 9.87. The number of benzene rings is 1. The van der Waals surface area contributed by atoms with Crippen LogP contribution < -0.4 is 26.8 Å². The summed E-state index contributed by atoms with van der Waals surface area (Å²) in [6.07, 6.45) is 1.57. The van der Waals surface area contributed by atoms with Gasteiger partial charge in [0, 0.05) is 23.2 Å². The molecule has 0 aliphatic heterocycles. The van der Waals surface area contributed by atoms with E-state index in [4.69, 9.17) is 0 Å². The van der Waals surface area contributed by atoms with Crippen LogP contribution in [0.3, 0.4) is 0 Å². The van der Waals surface area contributed by atoms with Crippen LogP contribution >= 0.6 is 11.3 Å². The molecule has 0 amide bonds. The minimum absolute atomic E-state index is 0.00214. The van der Waals surface area contributed by atoms with Crippen LogP contribution in [0, 0.1) is 5.41 Å². The molecule has 8 nitrogen and oxygen atoms in total. The van der Waals surface area contributed by atoms with Crippen molar-refractivity contribution in [1.29, 1.82) is 0 Å². The summed E-state index contributed by atoms with van der Waals surface area (Å²) in [5.74, 6) is 0.737. The third-order valence-electron chi connectivity index (χ3n) is 5.27. The Hall–Kier alpha value is -3.59. The second kappa shape index (κ2) is 8.51. The van der Waals surface area contributed by atoms with Gasteiger partial charge in [0.25, 0.3) is 10.9 Å². The highest BCUT2D eigenvalue weighted by Gasteiger charge is 2.27. The third kappa shape index (κ3) is 4.52. The van der Waals surface area contributed by atoms with Gasteiger partial charge < -0.3 is 10.6 Å². The van der Waals surface area contributed by atoms with Gasteiger partial charge in [0.2, 0.25) is 5.95 Å². The predicted molar refractivity (Wildman–Crippen MR) is 130 cm³/mol. The largest absolute Gasteiger partial charge is 0.377 e. The predicted octanol–water partition coefficient (Wildman–Crippen LogP) is 4.53. The molecule has 0 bridgehead atoms. The van der Waals surface area contributed by atoms with Crippen molar-refractivity contribution in [2.45, 2.75) is 33.7 Å². The standard InChI is InChI=1S/C23H24N6O2S/c1-13(23(2,3)4)25-17-18(20(31)19(17)30)27-16-10-11-24-21(28-16)29-22-26-15(12-32-22)14-8-6-5-7-9-14/h5-13,25H,1-4H3,(H2,24,26,27,28,29)/t13-/m1/s1. The Morgan fingerprint density at radius 3 is 2.38 bits per heavy atom. The SMILES string of the molecule is C[C@@H](Nc1c(Nc2ccnc(Nc3nc(-c4ccccc4)cs3)n2)c(=O)c1=O)C(C)(C)C. The van der Waals surface area contributed by atoms with Crippen LogP contribution in [0.4, 0.5) is 28.3 Å². The number of aromatic nitrogens is 3. The molecule has 0 saturated carbocycles. The van der Waals surface area contributed by atoms with E-state index in [-0.39, 0.29) is 22.8 Å². The second-order valence-electron chi connectivity index (χ2n) is 8.56. The summed E-state index contributed by atoms with van der Waals surface area (Å²) in [5.41, 5.74) is 1.24. The highest BCUT2D eigenvalue weighted by atomic mass is 32.1. The minimum Gasteiger partial charge on any atom is -0.377 e. The van der Waals surface area contributed by atoms with E-state index in [1.54, 1.807) is 12.3 Å². The molecule has 0 fully saturated rings. The van der Waals surface area contributed by atoms with E-state index in [9.17, 15) is 9.59 Å². The van der Waals surface area contributed by atoms with Crippen molar-refractivity contribution in [3.05, 3.63) is 68.4 Å². The van der Waals surface area contributed by atoms with Gasteiger partial charge in [-0.2, -0.15) is 4.98 Å². The van der Waals surface area contributed by atoms with Gasteiger partial charge in [-0.1, -0.05) is 51.1 Å². The van der Waals surface area contributed by atoms with E-state index < -0.39 is 10.9 Å². The molecule has 164 valence electrons. The Morgan fingerprint density at radius 2 is 1.66 bits per heavy atom. The summed E-state index contributed by atoms with van der Waals surface area (Å²) < 4.78 is 0. The molecular weight excluding hydrogens is 424 g/mol. The maximum atomic E-state index is 12.1. The molecule has 2 heterocycles. The average Bonchev–Trinajstić information content (AvgIpc) is 3.24. The number of rotatable bonds is 7. The summed E-state index contributed by atoms with van der Waals surface area (Å²) in [7, 11) is 0. The van der Waals surface area contributed by atoms with Crippen LogP contribution in [0.2, 0.25) is 0 Å². The normalized spacial score (nSPS) is 12.5. The lowest BCUT2D eigenvalue weighted by Gasteiger charge is -2.30. The molecule has 3 N–H and O–H groups in total. The zero-order valence-electron chi connectivity index (χ0n) is 18.3. The fourth-order valence-corrected chi connectivity index (χ4v) is 3.58. The molecule has 9 heteroatoms. The summed E-state index contributed by atoms with van der Waals surface area (Å²) in [6.45, 7) is 8.17. The van der Waals surface area contributed by atoms with E-state index in [1.165, 1.54) is 11.3 Å². The van der Waals surface area contributed by atoms with Gasteiger partial charge in [0.1, 0.15) is 17.2 Å². The molecule has 2 aromatic heterocycles.